The van der Waals surface area contributed by atoms with Gasteiger partial charge in [-0.15, -0.1) is 0 Å². The SMILES string of the molecule is C=C1Cc2cnc3cc(CC)c(-c4ccn(C)c4)cc3c2C1. The number of nitrogens with zero attached hydrogens (tertiary/aromatic N) is 2. The summed E-state index contributed by atoms with van der Waals surface area (Å²) in [5.74, 6) is 0. The molecule has 0 aliphatic heterocycles. The maximum absolute atomic E-state index is 4.69. The van der Waals surface area contributed by atoms with Crippen LogP contribution in [-0.4, -0.2) is 9.55 Å². The fraction of sp³-hybridized carbons (Fsp3) is 0.250. The van der Waals surface area contributed by atoms with Crippen LogP contribution in [0.5, 0.6) is 0 Å². The lowest BCUT2D eigenvalue weighted by Gasteiger charge is -2.11. The van der Waals surface area contributed by atoms with Crippen molar-refractivity contribution in [2.24, 2.45) is 7.05 Å². The molecule has 0 atom stereocenters. The number of benzene rings is 1. The van der Waals surface area contributed by atoms with E-state index in [9.17, 15) is 0 Å². The summed E-state index contributed by atoms with van der Waals surface area (Å²) >= 11 is 0. The van der Waals surface area contributed by atoms with Gasteiger partial charge in [0.15, 0.2) is 0 Å². The average molecular weight is 288 g/mol. The van der Waals surface area contributed by atoms with Gasteiger partial charge in [-0.1, -0.05) is 19.1 Å². The van der Waals surface area contributed by atoms with Gasteiger partial charge >= 0.3 is 0 Å². The summed E-state index contributed by atoms with van der Waals surface area (Å²) in [4.78, 5) is 4.69. The maximum atomic E-state index is 4.69. The van der Waals surface area contributed by atoms with E-state index in [-0.39, 0.29) is 0 Å². The Bertz CT molecular complexity index is 899. The molecule has 0 saturated heterocycles. The standard InChI is InChI=1S/C20H20N2/c1-4-14-9-20-19(10-17(14)15-5-6-22(3)12-15)18-8-13(2)7-16(18)11-21-20/h5-6,9-12H,2,4,7-8H2,1,3H3. The molecule has 2 nitrogen and oxygen atoms in total. The number of fused-ring (bicyclic) bond motifs is 3. The van der Waals surface area contributed by atoms with E-state index in [1.807, 2.05) is 6.20 Å². The van der Waals surface area contributed by atoms with E-state index in [0.29, 0.717) is 0 Å². The van der Waals surface area contributed by atoms with Crippen LogP contribution in [0.1, 0.15) is 23.6 Å². The highest BCUT2D eigenvalue weighted by Gasteiger charge is 2.19. The molecule has 1 aliphatic rings. The first-order valence-corrected chi connectivity index (χ1v) is 7.88. The minimum absolute atomic E-state index is 0.981. The van der Waals surface area contributed by atoms with Gasteiger partial charge in [-0.3, -0.25) is 4.98 Å². The summed E-state index contributed by atoms with van der Waals surface area (Å²) in [6, 6.07) is 6.79. The molecule has 0 saturated carbocycles. The van der Waals surface area contributed by atoms with Crippen LogP contribution in [0.2, 0.25) is 0 Å². The lowest BCUT2D eigenvalue weighted by atomic mass is 9.95. The number of pyridine rings is 1. The largest absolute Gasteiger partial charge is 0.357 e. The fourth-order valence-electron chi connectivity index (χ4n) is 3.55. The van der Waals surface area contributed by atoms with Crippen LogP contribution in [-0.2, 0) is 26.3 Å². The Kier molecular flexibility index (Phi) is 2.93. The van der Waals surface area contributed by atoms with Gasteiger partial charge in [-0.25, -0.2) is 0 Å². The first kappa shape index (κ1) is 13.3. The average Bonchev–Trinajstić information content (AvgIpc) is 3.10. The molecule has 2 heterocycles. The Hall–Kier alpha value is -2.35. The molecule has 0 spiro atoms. The zero-order valence-electron chi connectivity index (χ0n) is 13.2. The van der Waals surface area contributed by atoms with Gasteiger partial charge in [-0.05, 0) is 65.3 Å². The summed E-state index contributed by atoms with van der Waals surface area (Å²) in [6.45, 7) is 6.37. The number of rotatable bonds is 2. The number of aryl methyl sites for hydroxylation is 2. The van der Waals surface area contributed by atoms with Gasteiger partial charge in [0.25, 0.3) is 0 Å². The van der Waals surface area contributed by atoms with Crippen molar-refractivity contribution in [3.63, 3.8) is 0 Å². The quantitative estimate of drug-likeness (QED) is 0.637. The lowest BCUT2D eigenvalue weighted by Crippen LogP contribution is -1.94. The second-order valence-corrected chi connectivity index (χ2v) is 6.31. The molecular formula is C20H20N2. The summed E-state index contributed by atoms with van der Waals surface area (Å²) in [6.07, 6.45) is 9.33. The van der Waals surface area contributed by atoms with Gasteiger partial charge in [-0.2, -0.15) is 0 Å². The minimum Gasteiger partial charge on any atom is -0.357 e. The summed E-state index contributed by atoms with van der Waals surface area (Å²) in [7, 11) is 2.07. The first-order valence-electron chi connectivity index (χ1n) is 7.88. The summed E-state index contributed by atoms with van der Waals surface area (Å²) in [5, 5.41) is 1.30. The highest BCUT2D eigenvalue weighted by molar-refractivity contribution is 5.90. The first-order chi connectivity index (χ1) is 10.7. The number of aromatic nitrogens is 2. The van der Waals surface area contributed by atoms with Crippen LogP contribution >= 0.6 is 0 Å². The van der Waals surface area contributed by atoms with E-state index >= 15 is 0 Å². The van der Waals surface area contributed by atoms with Crippen molar-refractivity contribution >= 4 is 10.9 Å². The topological polar surface area (TPSA) is 17.8 Å². The highest BCUT2D eigenvalue weighted by Crippen LogP contribution is 2.35. The van der Waals surface area contributed by atoms with Crippen molar-refractivity contribution in [1.29, 1.82) is 0 Å². The molecule has 0 fully saturated rings. The summed E-state index contributed by atoms with van der Waals surface area (Å²) < 4.78 is 2.11. The molecular weight excluding hydrogens is 268 g/mol. The monoisotopic (exact) mass is 288 g/mol. The van der Waals surface area contributed by atoms with E-state index < -0.39 is 0 Å². The van der Waals surface area contributed by atoms with Crippen LogP contribution in [0.25, 0.3) is 22.0 Å². The van der Waals surface area contributed by atoms with E-state index in [4.69, 9.17) is 0 Å². The molecule has 3 aromatic rings. The molecule has 110 valence electrons. The van der Waals surface area contributed by atoms with Gasteiger partial charge in [0.1, 0.15) is 0 Å². The Morgan fingerprint density at radius 3 is 2.86 bits per heavy atom. The van der Waals surface area contributed by atoms with Crippen molar-refractivity contribution in [2.75, 3.05) is 0 Å². The minimum atomic E-state index is 0.981. The molecule has 22 heavy (non-hydrogen) atoms. The second kappa shape index (κ2) is 4.84. The van der Waals surface area contributed by atoms with Crippen molar-refractivity contribution < 1.29 is 0 Å². The molecule has 1 aromatic carbocycles. The van der Waals surface area contributed by atoms with E-state index in [0.717, 1.165) is 24.8 Å². The molecule has 0 radical (unpaired) electrons. The van der Waals surface area contributed by atoms with E-state index in [2.05, 4.69) is 60.7 Å². The Balaban J connectivity index is 2.00. The number of hydrogen-bond acceptors (Lipinski definition) is 1. The summed E-state index contributed by atoms with van der Waals surface area (Å²) in [5.41, 5.74) is 9.17. The molecule has 0 bridgehead atoms. The normalized spacial score (nSPS) is 13.8. The van der Waals surface area contributed by atoms with Gasteiger partial charge in [0.2, 0.25) is 0 Å². The molecule has 4 rings (SSSR count). The Labute approximate surface area is 131 Å². The van der Waals surface area contributed by atoms with Crippen LogP contribution in [0.3, 0.4) is 0 Å². The number of hydrogen-bond donors (Lipinski definition) is 0. The van der Waals surface area contributed by atoms with Crippen LogP contribution < -0.4 is 0 Å². The molecule has 0 amide bonds. The molecule has 0 unspecified atom stereocenters. The Morgan fingerprint density at radius 1 is 1.27 bits per heavy atom. The van der Waals surface area contributed by atoms with E-state index in [1.165, 1.54) is 38.8 Å². The van der Waals surface area contributed by atoms with Gasteiger partial charge in [0, 0.05) is 31.0 Å². The predicted octanol–water partition coefficient (Wildman–Crippen LogP) is 4.46. The third-order valence-electron chi connectivity index (χ3n) is 4.68. The van der Waals surface area contributed by atoms with Gasteiger partial charge < -0.3 is 4.57 Å². The van der Waals surface area contributed by atoms with Crippen LogP contribution in [0.15, 0.2) is 48.9 Å². The smallest absolute Gasteiger partial charge is 0.0708 e. The third-order valence-corrected chi connectivity index (χ3v) is 4.68. The third kappa shape index (κ3) is 1.98. The fourth-order valence-corrected chi connectivity index (χ4v) is 3.55. The zero-order valence-corrected chi connectivity index (χ0v) is 13.2. The van der Waals surface area contributed by atoms with Gasteiger partial charge in [0.05, 0.1) is 5.52 Å². The molecule has 1 aliphatic carbocycles. The van der Waals surface area contributed by atoms with E-state index in [1.54, 1.807) is 0 Å². The second-order valence-electron chi connectivity index (χ2n) is 6.31. The van der Waals surface area contributed by atoms with Crippen molar-refractivity contribution in [3.8, 4) is 11.1 Å². The van der Waals surface area contributed by atoms with Crippen molar-refractivity contribution in [3.05, 3.63) is 65.6 Å². The van der Waals surface area contributed by atoms with Crippen molar-refractivity contribution in [1.82, 2.24) is 9.55 Å². The highest BCUT2D eigenvalue weighted by atomic mass is 14.9. The predicted molar refractivity (Wildman–Crippen MR) is 92.1 cm³/mol. The lowest BCUT2D eigenvalue weighted by molar-refractivity contribution is 0.928. The van der Waals surface area contributed by atoms with Crippen LogP contribution in [0.4, 0.5) is 0 Å². The zero-order chi connectivity index (χ0) is 15.3. The maximum Gasteiger partial charge on any atom is 0.0708 e. The number of allylic oxidation sites excluding steroid dienone is 1. The molecule has 0 N–H and O–H groups in total. The Morgan fingerprint density at radius 2 is 2.14 bits per heavy atom. The van der Waals surface area contributed by atoms with Crippen molar-refractivity contribution in [2.45, 2.75) is 26.2 Å². The molecule has 2 aromatic heterocycles. The van der Waals surface area contributed by atoms with Crippen LogP contribution in [0, 0.1) is 0 Å². The molecule has 2 heteroatoms.